The van der Waals surface area contributed by atoms with Gasteiger partial charge < -0.3 is 16.3 Å². The van der Waals surface area contributed by atoms with Crippen molar-refractivity contribution in [2.45, 2.75) is 57.8 Å². The summed E-state index contributed by atoms with van der Waals surface area (Å²) in [7, 11) is 0. The van der Waals surface area contributed by atoms with E-state index < -0.39 is 5.91 Å². The Bertz CT molecular complexity index is 267. The van der Waals surface area contributed by atoms with Gasteiger partial charge in [-0.25, -0.2) is 0 Å². The van der Waals surface area contributed by atoms with E-state index in [2.05, 4.69) is 0 Å². The number of rotatable bonds is 12. The summed E-state index contributed by atoms with van der Waals surface area (Å²) >= 11 is 0. The Morgan fingerprint density at radius 3 is 2.11 bits per heavy atom. The predicted octanol–water partition coefficient (Wildman–Crippen LogP) is 1.28. The van der Waals surface area contributed by atoms with Crippen molar-refractivity contribution in [3.8, 4) is 0 Å². The average molecular weight is 256 g/mol. The lowest BCUT2D eigenvalue weighted by atomic mass is 9.95. The molecule has 0 aliphatic heterocycles. The maximum atomic E-state index is 11.1. The van der Waals surface area contributed by atoms with Gasteiger partial charge in [0.05, 0.1) is 0 Å². The predicted molar refractivity (Wildman–Crippen MR) is 69.5 cm³/mol. The van der Waals surface area contributed by atoms with Crippen LogP contribution in [0.1, 0.15) is 57.8 Å². The maximum absolute atomic E-state index is 11.1. The molecule has 0 saturated carbocycles. The lowest BCUT2D eigenvalue weighted by molar-refractivity contribution is -0.123. The van der Waals surface area contributed by atoms with Crippen molar-refractivity contribution in [1.29, 1.82) is 0 Å². The first kappa shape index (κ1) is 16.6. The second-order valence-corrected chi connectivity index (χ2v) is 4.62. The van der Waals surface area contributed by atoms with Crippen LogP contribution in [-0.2, 0) is 14.4 Å². The van der Waals surface area contributed by atoms with Crippen molar-refractivity contribution in [1.82, 2.24) is 0 Å². The van der Waals surface area contributed by atoms with Crippen molar-refractivity contribution >= 4 is 18.1 Å². The van der Waals surface area contributed by atoms with E-state index in [9.17, 15) is 14.4 Å². The Morgan fingerprint density at radius 2 is 1.56 bits per heavy atom. The number of hydrogen-bond acceptors (Lipinski definition) is 3. The van der Waals surface area contributed by atoms with E-state index in [1.807, 2.05) is 0 Å². The van der Waals surface area contributed by atoms with Crippen LogP contribution in [0.2, 0.25) is 0 Å². The molecule has 104 valence electrons. The zero-order valence-electron chi connectivity index (χ0n) is 10.9. The summed E-state index contributed by atoms with van der Waals surface area (Å²) in [4.78, 5) is 31.9. The molecule has 5 heteroatoms. The molecule has 2 amide bonds. The largest absolute Gasteiger partial charge is 0.370 e. The van der Waals surface area contributed by atoms with Gasteiger partial charge in [-0.05, 0) is 19.3 Å². The molecule has 0 heterocycles. The summed E-state index contributed by atoms with van der Waals surface area (Å²) in [5.74, 6) is -0.986. The molecule has 0 saturated heterocycles. The molecule has 0 radical (unpaired) electrons. The number of aldehydes is 1. The number of carbonyl (C=O) groups excluding carboxylic acids is 3. The van der Waals surface area contributed by atoms with Gasteiger partial charge in [0.2, 0.25) is 11.8 Å². The lowest BCUT2D eigenvalue weighted by Gasteiger charge is -2.11. The van der Waals surface area contributed by atoms with Crippen LogP contribution in [0.25, 0.3) is 0 Å². The van der Waals surface area contributed by atoms with Crippen LogP contribution in [-0.4, -0.2) is 18.1 Å². The normalized spacial score (nSPS) is 12.0. The molecule has 0 bridgehead atoms. The van der Waals surface area contributed by atoms with E-state index >= 15 is 0 Å². The van der Waals surface area contributed by atoms with Gasteiger partial charge in [-0.1, -0.05) is 25.7 Å². The molecule has 0 aromatic rings. The smallest absolute Gasteiger partial charge is 0.220 e. The highest BCUT2D eigenvalue weighted by atomic mass is 16.1. The molecule has 18 heavy (non-hydrogen) atoms. The van der Waals surface area contributed by atoms with Gasteiger partial charge in [-0.3, -0.25) is 9.59 Å². The van der Waals surface area contributed by atoms with Crippen LogP contribution in [0.5, 0.6) is 0 Å². The SMILES string of the molecule is NC(=O)CCC(CCCCCCCC=O)C(N)=O. The van der Waals surface area contributed by atoms with E-state index in [0.717, 1.165) is 44.8 Å². The molecule has 5 nitrogen and oxygen atoms in total. The fourth-order valence-electron chi connectivity index (χ4n) is 1.89. The van der Waals surface area contributed by atoms with Gasteiger partial charge in [-0.15, -0.1) is 0 Å². The molecule has 1 atom stereocenters. The summed E-state index contributed by atoms with van der Waals surface area (Å²) in [6, 6.07) is 0. The number of nitrogens with two attached hydrogens (primary N) is 2. The molecule has 0 rings (SSSR count). The zero-order valence-corrected chi connectivity index (χ0v) is 10.9. The first-order valence-corrected chi connectivity index (χ1v) is 6.59. The molecule has 0 aromatic carbocycles. The molecule has 0 aliphatic rings. The highest BCUT2D eigenvalue weighted by Gasteiger charge is 2.15. The summed E-state index contributed by atoms with van der Waals surface area (Å²) < 4.78 is 0. The summed E-state index contributed by atoms with van der Waals surface area (Å²) in [5, 5.41) is 0. The lowest BCUT2D eigenvalue weighted by Crippen LogP contribution is -2.25. The van der Waals surface area contributed by atoms with Crippen molar-refractivity contribution in [3.05, 3.63) is 0 Å². The average Bonchev–Trinajstić information content (AvgIpc) is 2.31. The molecular formula is C13H24N2O3. The van der Waals surface area contributed by atoms with Crippen LogP contribution < -0.4 is 11.5 Å². The van der Waals surface area contributed by atoms with Crippen molar-refractivity contribution in [3.63, 3.8) is 0 Å². The van der Waals surface area contributed by atoms with Gasteiger partial charge in [0, 0.05) is 18.8 Å². The van der Waals surface area contributed by atoms with Crippen LogP contribution in [0.15, 0.2) is 0 Å². The number of unbranched alkanes of at least 4 members (excludes halogenated alkanes) is 5. The van der Waals surface area contributed by atoms with Gasteiger partial charge in [-0.2, -0.15) is 0 Å². The Labute approximate surface area is 108 Å². The van der Waals surface area contributed by atoms with Crippen LogP contribution >= 0.6 is 0 Å². The van der Waals surface area contributed by atoms with E-state index in [0.29, 0.717) is 12.8 Å². The summed E-state index contributed by atoms with van der Waals surface area (Å²) in [6.07, 6.45) is 7.95. The molecule has 4 N–H and O–H groups in total. The highest BCUT2D eigenvalue weighted by Crippen LogP contribution is 2.16. The van der Waals surface area contributed by atoms with Gasteiger partial charge in [0.1, 0.15) is 6.29 Å². The van der Waals surface area contributed by atoms with Gasteiger partial charge in [0.25, 0.3) is 0 Å². The van der Waals surface area contributed by atoms with Crippen molar-refractivity contribution in [2.75, 3.05) is 0 Å². The fraction of sp³-hybridized carbons (Fsp3) is 0.769. The molecule has 0 fully saturated rings. The highest BCUT2D eigenvalue weighted by molar-refractivity contribution is 5.78. The molecule has 0 aliphatic carbocycles. The molecule has 1 unspecified atom stereocenters. The third-order valence-corrected chi connectivity index (χ3v) is 3.02. The third kappa shape index (κ3) is 9.81. The molecule has 0 spiro atoms. The molecular weight excluding hydrogens is 232 g/mol. The van der Waals surface area contributed by atoms with Crippen LogP contribution in [0, 0.1) is 5.92 Å². The fourth-order valence-corrected chi connectivity index (χ4v) is 1.89. The van der Waals surface area contributed by atoms with Crippen LogP contribution in [0.4, 0.5) is 0 Å². The van der Waals surface area contributed by atoms with Crippen LogP contribution in [0.3, 0.4) is 0 Å². The monoisotopic (exact) mass is 256 g/mol. The second kappa shape index (κ2) is 10.7. The third-order valence-electron chi connectivity index (χ3n) is 3.02. The summed E-state index contributed by atoms with van der Waals surface area (Å²) in [5.41, 5.74) is 10.3. The second-order valence-electron chi connectivity index (χ2n) is 4.62. The van der Waals surface area contributed by atoms with Gasteiger partial charge >= 0.3 is 0 Å². The first-order valence-electron chi connectivity index (χ1n) is 6.59. The van der Waals surface area contributed by atoms with Gasteiger partial charge in [0.15, 0.2) is 0 Å². The van der Waals surface area contributed by atoms with E-state index in [-0.39, 0.29) is 18.2 Å². The minimum Gasteiger partial charge on any atom is -0.370 e. The Hall–Kier alpha value is -1.39. The number of carbonyl (C=O) groups is 3. The standard InChI is InChI=1S/C13H24N2O3/c14-12(17)9-8-11(13(15)18)7-5-3-1-2-4-6-10-16/h10-11H,1-9H2,(H2,14,17)(H2,15,18). The zero-order chi connectivity index (χ0) is 13.8. The van der Waals surface area contributed by atoms with E-state index in [1.54, 1.807) is 0 Å². The Balaban J connectivity index is 3.61. The quantitative estimate of drug-likeness (QED) is 0.406. The minimum atomic E-state index is -0.393. The minimum absolute atomic E-state index is 0.215. The van der Waals surface area contributed by atoms with Crippen molar-refractivity contribution < 1.29 is 14.4 Å². The number of hydrogen-bond donors (Lipinski definition) is 2. The first-order chi connectivity index (χ1) is 8.57. The van der Waals surface area contributed by atoms with E-state index in [1.165, 1.54) is 0 Å². The Kier molecular flexibility index (Phi) is 9.91. The number of primary amides is 2. The van der Waals surface area contributed by atoms with E-state index in [4.69, 9.17) is 11.5 Å². The summed E-state index contributed by atoms with van der Waals surface area (Å²) in [6.45, 7) is 0. The topological polar surface area (TPSA) is 103 Å². The molecule has 0 aromatic heterocycles. The maximum Gasteiger partial charge on any atom is 0.220 e. The van der Waals surface area contributed by atoms with Crippen molar-refractivity contribution in [2.24, 2.45) is 17.4 Å². The number of amides is 2. The Morgan fingerprint density at radius 1 is 0.944 bits per heavy atom.